The van der Waals surface area contributed by atoms with Crippen molar-refractivity contribution < 1.29 is 13.3 Å². The van der Waals surface area contributed by atoms with Crippen molar-refractivity contribution >= 4 is 21.4 Å². The Morgan fingerprint density at radius 1 is 1.38 bits per heavy atom. The zero-order chi connectivity index (χ0) is 16.2. The van der Waals surface area contributed by atoms with Crippen molar-refractivity contribution in [1.29, 1.82) is 0 Å². The third-order valence-corrected chi connectivity index (χ3v) is 5.41. The number of nitrogens with one attached hydrogen (secondary N) is 1. The molecule has 0 aromatic heterocycles. The highest BCUT2D eigenvalue weighted by Gasteiger charge is 2.29. The average Bonchev–Trinajstić information content (AvgIpc) is 2.47. The zero-order valence-electron chi connectivity index (χ0n) is 12.2. The smallest absolute Gasteiger partial charge is 0.271 e. The zero-order valence-corrected chi connectivity index (χ0v) is 13.1. The van der Waals surface area contributed by atoms with Crippen LogP contribution in [0.15, 0.2) is 23.1 Å². The monoisotopic (exact) mass is 316 g/mol. The van der Waals surface area contributed by atoms with Crippen molar-refractivity contribution in [3.05, 3.63) is 28.3 Å². The molecule has 1 aromatic carbocycles. The SMILES string of the molecule is CCC(CC)N(C)S(=O)(=O)c1ccc([N+](=O)[O-])cc1NN. The molecular formula is C12H20N4O4S. The third-order valence-electron chi connectivity index (χ3n) is 3.44. The number of sulfonamides is 1. The van der Waals surface area contributed by atoms with E-state index in [-0.39, 0.29) is 22.3 Å². The van der Waals surface area contributed by atoms with Gasteiger partial charge in [-0.25, -0.2) is 8.42 Å². The van der Waals surface area contributed by atoms with Crippen LogP contribution in [0.2, 0.25) is 0 Å². The number of hydrazine groups is 1. The van der Waals surface area contributed by atoms with Gasteiger partial charge in [0.05, 0.1) is 10.6 Å². The van der Waals surface area contributed by atoms with Gasteiger partial charge in [-0.1, -0.05) is 13.8 Å². The Balaban J connectivity index is 3.34. The summed E-state index contributed by atoms with van der Waals surface area (Å²) in [5, 5.41) is 10.7. The Morgan fingerprint density at radius 2 is 1.95 bits per heavy atom. The summed E-state index contributed by atoms with van der Waals surface area (Å²) in [6.07, 6.45) is 1.34. The quantitative estimate of drug-likeness (QED) is 0.449. The van der Waals surface area contributed by atoms with Crippen molar-refractivity contribution in [3.8, 4) is 0 Å². The topological polar surface area (TPSA) is 119 Å². The van der Waals surface area contributed by atoms with Crippen LogP contribution in [0.25, 0.3) is 0 Å². The number of non-ortho nitro benzene ring substituents is 1. The summed E-state index contributed by atoms with van der Waals surface area (Å²) in [6, 6.07) is 3.31. The van der Waals surface area contributed by atoms with Crippen molar-refractivity contribution in [2.75, 3.05) is 12.5 Å². The summed E-state index contributed by atoms with van der Waals surface area (Å²) >= 11 is 0. The van der Waals surface area contributed by atoms with E-state index in [2.05, 4.69) is 5.43 Å². The second-order valence-corrected chi connectivity index (χ2v) is 6.54. The first-order chi connectivity index (χ1) is 9.79. The molecule has 0 saturated carbocycles. The summed E-state index contributed by atoms with van der Waals surface area (Å²) < 4.78 is 26.5. The number of anilines is 1. The molecule has 1 rings (SSSR count). The van der Waals surface area contributed by atoms with Gasteiger partial charge < -0.3 is 5.43 Å². The molecule has 0 unspecified atom stereocenters. The third kappa shape index (κ3) is 3.49. The number of nitrogens with zero attached hydrogens (tertiary/aromatic N) is 2. The molecule has 21 heavy (non-hydrogen) atoms. The number of nitro groups is 1. The maximum absolute atomic E-state index is 12.6. The number of rotatable bonds is 7. The van der Waals surface area contributed by atoms with Crippen LogP contribution in [-0.2, 0) is 10.0 Å². The van der Waals surface area contributed by atoms with Gasteiger partial charge in [-0.15, -0.1) is 0 Å². The van der Waals surface area contributed by atoms with Crippen LogP contribution in [0.1, 0.15) is 26.7 Å². The second-order valence-electron chi connectivity index (χ2n) is 4.57. The lowest BCUT2D eigenvalue weighted by atomic mass is 10.2. The summed E-state index contributed by atoms with van der Waals surface area (Å²) in [7, 11) is -2.28. The first-order valence-electron chi connectivity index (χ1n) is 6.52. The van der Waals surface area contributed by atoms with Gasteiger partial charge >= 0.3 is 0 Å². The number of hydrogen-bond donors (Lipinski definition) is 2. The van der Waals surface area contributed by atoms with Crippen LogP contribution in [0.3, 0.4) is 0 Å². The van der Waals surface area contributed by atoms with E-state index in [1.165, 1.54) is 17.4 Å². The van der Waals surface area contributed by atoms with Crippen LogP contribution < -0.4 is 11.3 Å². The molecular weight excluding hydrogens is 296 g/mol. The van der Waals surface area contributed by atoms with Crippen LogP contribution in [-0.4, -0.2) is 30.7 Å². The molecule has 0 amide bonds. The van der Waals surface area contributed by atoms with E-state index in [1.54, 1.807) is 0 Å². The van der Waals surface area contributed by atoms with E-state index in [4.69, 9.17) is 5.84 Å². The van der Waals surface area contributed by atoms with Gasteiger partial charge in [0.2, 0.25) is 10.0 Å². The Morgan fingerprint density at radius 3 is 2.38 bits per heavy atom. The van der Waals surface area contributed by atoms with Crippen LogP contribution >= 0.6 is 0 Å². The van der Waals surface area contributed by atoms with E-state index in [0.29, 0.717) is 12.8 Å². The first kappa shape index (κ1) is 17.3. The lowest BCUT2D eigenvalue weighted by Gasteiger charge is -2.26. The summed E-state index contributed by atoms with van der Waals surface area (Å²) in [5.74, 6) is 5.30. The molecule has 0 aliphatic heterocycles. The Labute approximate surface area is 124 Å². The lowest BCUT2D eigenvalue weighted by Crippen LogP contribution is -2.36. The van der Waals surface area contributed by atoms with Crippen LogP contribution in [0.4, 0.5) is 11.4 Å². The highest BCUT2D eigenvalue weighted by molar-refractivity contribution is 7.89. The van der Waals surface area contributed by atoms with Crippen LogP contribution in [0.5, 0.6) is 0 Å². The molecule has 0 fully saturated rings. The fourth-order valence-corrected chi connectivity index (χ4v) is 3.76. The molecule has 0 aliphatic rings. The molecule has 3 N–H and O–H groups in total. The highest BCUT2D eigenvalue weighted by Crippen LogP contribution is 2.29. The highest BCUT2D eigenvalue weighted by atomic mass is 32.2. The molecule has 1 aromatic rings. The number of nitro benzene ring substituents is 1. The standard InChI is InChI=1S/C12H20N4O4S/c1-4-9(5-2)15(3)21(19,20)12-7-6-10(16(17)18)8-11(12)14-13/h6-9,14H,4-5,13H2,1-3H3. The minimum absolute atomic E-state index is 0.00186. The molecule has 0 radical (unpaired) electrons. The average molecular weight is 316 g/mol. The number of hydrogen-bond acceptors (Lipinski definition) is 6. The van der Waals surface area contributed by atoms with Crippen LogP contribution in [0, 0.1) is 10.1 Å². The summed E-state index contributed by atoms with van der Waals surface area (Å²) in [6.45, 7) is 3.80. The van der Waals surface area contributed by atoms with Gasteiger partial charge in [-0.3, -0.25) is 16.0 Å². The minimum atomic E-state index is -3.78. The number of nitrogens with two attached hydrogens (primary N) is 1. The summed E-state index contributed by atoms with van der Waals surface area (Å²) in [5.41, 5.74) is 1.99. The van der Waals surface area contributed by atoms with Crippen molar-refractivity contribution in [2.24, 2.45) is 5.84 Å². The molecule has 9 heteroatoms. The molecule has 118 valence electrons. The summed E-state index contributed by atoms with van der Waals surface area (Å²) in [4.78, 5) is 10.1. The second kappa shape index (κ2) is 6.83. The predicted octanol–water partition coefficient (Wildman–Crippen LogP) is 1.69. The molecule has 0 spiro atoms. The Hall–Kier alpha value is -1.71. The van der Waals surface area contributed by atoms with E-state index in [0.717, 1.165) is 12.1 Å². The molecule has 8 nitrogen and oxygen atoms in total. The van der Waals surface area contributed by atoms with Gasteiger partial charge in [-0.2, -0.15) is 4.31 Å². The van der Waals surface area contributed by atoms with Gasteiger partial charge in [0, 0.05) is 25.2 Å². The Bertz CT molecular complexity index is 614. The molecule has 0 atom stereocenters. The fourth-order valence-electron chi connectivity index (χ4n) is 2.12. The van der Waals surface area contributed by atoms with E-state index in [9.17, 15) is 18.5 Å². The van der Waals surface area contributed by atoms with Gasteiger partial charge in [-0.05, 0) is 18.9 Å². The first-order valence-corrected chi connectivity index (χ1v) is 7.96. The predicted molar refractivity (Wildman–Crippen MR) is 80.2 cm³/mol. The lowest BCUT2D eigenvalue weighted by molar-refractivity contribution is -0.384. The van der Waals surface area contributed by atoms with E-state index < -0.39 is 14.9 Å². The minimum Gasteiger partial charge on any atom is -0.323 e. The number of benzene rings is 1. The van der Waals surface area contributed by atoms with Crippen molar-refractivity contribution in [1.82, 2.24) is 4.31 Å². The number of nitrogen functional groups attached to an aromatic ring is 1. The maximum atomic E-state index is 12.6. The van der Waals surface area contributed by atoms with Crippen molar-refractivity contribution in [2.45, 2.75) is 37.6 Å². The van der Waals surface area contributed by atoms with Crippen molar-refractivity contribution in [3.63, 3.8) is 0 Å². The Kier molecular flexibility index (Phi) is 5.64. The molecule has 0 heterocycles. The molecule has 0 aliphatic carbocycles. The fraction of sp³-hybridized carbons (Fsp3) is 0.500. The molecule has 0 saturated heterocycles. The maximum Gasteiger partial charge on any atom is 0.271 e. The normalized spacial score (nSPS) is 11.9. The van der Waals surface area contributed by atoms with Gasteiger partial charge in [0.15, 0.2) is 0 Å². The van der Waals surface area contributed by atoms with E-state index >= 15 is 0 Å². The molecule has 0 bridgehead atoms. The van der Waals surface area contributed by atoms with Gasteiger partial charge in [0.1, 0.15) is 4.90 Å². The van der Waals surface area contributed by atoms with E-state index in [1.807, 2.05) is 13.8 Å². The largest absolute Gasteiger partial charge is 0.323 e. The van der Waals surface area contributed by atoms with Gasteiger partial charge in [0.25, 0.3) is 5.69 Å².